The first-order valence-corrected chi connectivity index (χ1v) is 3.75. The zero-order chi connectivity index (χ0) is 8.55. The zero-order valence-corrected chi connectivity index (χ0v) is 6.41. The highest BCUT2D eigenvalue weighted by Gasteiger charge is 2.25. The first kappa shape index (κ1) is 7.09. The number of carbonyl (C=O) groups is 2. The number of hydrogen-bond acceptors (Lipinski definition) is 2. The van der Waals surface area contributed by atoms with Crippen LogP contribution in [-0.4, -0.2) is 35.2 Å². The number of rotatable bonds is 2. The summed E-state index contributed by atoms with van der Waals surface area (Å²) in [6, 6.07) is 3.23. The van der Waals surface area contributed by atoms with Gasteiger partial charge in [-0.15, -0.1) is 0 Å². The maximum Gasteiger partial charge on any atom is 0.270 e. The fraction of sp³-hybridized carbons (Fsp3) is 0.250. The lowest BCUT2D eigenvalue weighted by Crippen LogP contribution is -2.10. The molecule has 1 fully saturated rings. The maximum atomic E-state index is 11.3. The second-order valence-corrected chi connectivity index (χ2v) is 2.74. The average Bonchev–Trinajstić information content (AvgIpc) is 2.82. The third-order valence-corrected chi connectivity index (χ3v) is 1.80. The Bertz CT molecular complexity index is 326. The molecule has 1 aromatic heterocycles. The molecule has 4 heteroatoms. The fourth-order valence-corrected chi connectivity index (χ4v) is 1.03. The lowest BCUT2D eigenvalue weighted by molar-refractivity contribution is 0.0881. The Kier molecular flexibility index (Phi) is 1.46. The van der Waals surface area contributed by atoms with Crippen molar-refractivity contribution >= 4 is 12.2 Å². The van der Waals surface area contributed by atoms with Crippen LogP contribution in [0.3, 0.4) is 0 Å². The van der Waals surface area contributed by atoms with E-state index in [2.05, 4.69) is 4.98 Å². The lowest BCUT2D eigenvalue weighted by atomic mass is 10.4. The lowest BCUT2D eigenvalue weighted by Gasteiger charge is -1.95. The van der Waals surface area contributed by atoms with Gasteiger partial charge in [0, 0.05) is 13.1 Å². The van der Waals surface area contributed by atoms with E-state index in [1.165, 1.54) is 0 Å². The fourth-order valence-electron chi connectivity index (χ4n) is 1.03. The van der Waals surface area contributed by atoms with E-state index >= 15 is 0 Å². The molecule has 2 rings (SSSR count). The van der Waals surface area contributed by atoms with E-state index in [1.54, 1.807) is 17.0 Å². The molecular formula is C8H8N2O2. The molecule has 1 aliphatic rings. The van der Waals surface area contributed by atoms with Crippen LogP contribution in [0.2, 0.25) is 0 Å². The molecule has 0 radical (unpaired) electrons. The summed E-state index contributed by atoms with van der Waals surface area (Å²) in [5, 5.41) is 0. The SMILES string of the molecule is O=Cc1ccc(C(=O)N2CC2)[nH]1. The molecule has 2 heterocycles. The van der Waals surface area contributed by atoms with E-state index in [4.69, 9.17) is 0 Å². The third kappa shape index (κ3) is 1.11. The van der Waals surface area contributed by atoms with Crippen molar-refractivity contribution in [3.63, 3.8) is 0 Å². The van der Waals surface area contributed by atoms with E-state index in [0.29, 0.717) is 17.7 Å². The molecule has 1 amide bonds. The first-order valence-electron chi connectivity index (χ1n) is 3.75. The summed E-state index contributed by atoms with van der Waals surface area (Å²) in [6.45, 7) is 1.66. The van der Waals surface area contributed by atoms with E-state index in [-0.39, 0.29) is 5.91 Å². The van der Waals surface area contributed by atoms with Gasteiger partial charge in [-0.1, -0.05) is 0 Å². The summed E-state index contributed by atoms with van der Waals surface area (Å²) in [5.74, 6) is -0.0249. The summed E-state index contributed by atoms with van der Waals surface area (Å²) in [6.07, 6.45) is 0.693. The largest absolute Gasteiger partial charge is 0.348 e. The number of H-pyrrole nitrogens is 1. The molecule has 0 atom stereocenters. The Hall–Kier alpha value is -1.58. The normalized spacial score (nSPS) is 14.5. The van der Waals surface area contributed by atoms with Crippen LogP contribution < -0.4 is 0 Å². The Morgan fingerprint density at radius 1 is 1.50 bits per heavy atom. The molecule has 62 valence electrons. The van der Waals surface area contributed by atoms with Crippen molar-refractivity contribution in [2.75, 3.05) is 13.1 Å². The molecule has 0 spiro atoms. The molecule has 1 aromatic rings. The standard InChI is InChI=1S/C8H8N2O2/c11-5-6-1-2-7(9-6)8(12)10-3-4-10/h1-2,5,9H,3-4H2. The second-order valence-electron chi connectivity index (χ2n) is 2.74. The number of nitrogens with one attached hydrogen (secondary N) is 1. The number of hydrogen-bond donors (Lipinski definition) is 1. The van der Waals surface area contributed by atoms with Gasteiger partial charge in [0.05, 0.1) is 5.69 Å². The minimum Gasteiger partial charge on any atom is -0.348 e. The minimum atomic E-state index is -0.0249. The molecule has 1 saturated heterocycles. The average molecular weight is 164 g/mol. The number of nitrogens with zero attached hydrogens (tertiary/aromatic N) is 1. The Balaban J connectivity index is 2.21. The predicted octanol–water partition coefficient (Wildman–Crippen LogP) is 0.283. The van der Waals surface area contributed by atoms with Gasteiger partial charge in [0.1, 0.15) is 5.69 Å². The number of amides is 1. The van der Waals surface area contributed by atoms with Crippen LogP contribution in [0.1, 0.15) is 21.0 Å². The van der Waals surface area contributed by atoms with Crippen LogP contribution in [0.4, 0.5) is 0 Å². The smallest absolute Gasteiger partial charge is 0.270 e. The second kappa shape index (κ2) is 2.48. The van der Waals surface area contributed by atoms with Crippen LogP contribution >= 0.6 is 0 Å². The molecule has 0 unspecified atom stereocenters. The van der Waals surface area contributed by atoms with Gasteiger partial charge >= 0.3 is 0 Å². The van der Waals surface area contributed by atoms with Gasteiger partial charge in [-0.3, -0.25) is 9.59 Å². The first-order chi connectivity index (χ1) is 5.81. The summed E-state index contributed by atoms with van der Waals surface area (Å²) in [5.41, 5.74) is 0.940. The van der Waals surface area contributed by atoms with Crippen molar-refractivity contribution in [1.82, 2.24) is 9.88 Å². The third-order valence-electron chi connectivity index (χ3n) is 1.80. The monoisotopic (exact) mass is 164 g/mol. The predicted molar refractivity (Wildman–Crippen MR) is 42.1 cm³/mol. The number of aromatic nitrogens is 1. The molecular weight excluding hydrogens is 156 g/mol. The van der Waals surface area contributed by atoms with Gasteiger partial charge in [-0.2, -0.15) is 0 Å². The molecule has 0 saturated carbocycles. The minimum absolute atomic E-state index is 0.0249. The Morgan fingerprint density at radius 2 is 2.25 bits per heavy atom. The van der Waals surface area contributed by atoms with Gasteiger partial charge in [-0.25, -0.2) is 0 Å². The molecule has 0 aliphatic carbocycles. The molecule has 1 aliphatic heterocycles. The van der Waals surface area contributed by atoms with Crippen LogP contribution in [0.25, 0.3) is 0 Å². The molecule has 12 heavy (non-hydrogen) atoms. The number of aldehydes is 1. The zero-order valence-electron chi connectivity index (χ0n) is 6.41. The van der Waals surface area contributed by atoms with Crippen molar-refractivity contribution in [3.05, 3.63) is 23.5 Å². The van der Waals surface area contributed by atoms with Gasteiger partial charge in [0.2, 0.25) is 0 Å². The molecule has 1 N–H and O–H groups in total. The van der Waals surface area contributed by atoms with Crippen LogP contribution in [0.5, 0.6) is 0 Å². The van der Waals surface area contributed by atoms with Crippen molar-refractivity contribution in [2.24, 2.45) is 0 Å². The van der Waals surface area contributed by atoms with Crippen molar-refractivity contribution < 1.29 is 9.59 Å². The highest BCUT2D eigenvalue weighted by Crippen LogP contribution is 2.10. The van der Waals surface area contributed by atoms with E-state index in [0.717, 1.165) is 13.1 Å². The highest BCUT2D eigenvalue weighted by atomic mass is 16.2. The quantitative estimate of drug-likeness (QED) is 0.504. The van der Waals surface area contributed by atoms with E-state index in [9.17, 15) is 9.59 Å². The van der Waals surface area contributed by atoms with Crippen LogP contribution in [0, 0.1) is 0 Å². The summed E-state index contributed by atoms with van der Waals surface area (Å²) < 4.78 is 0. The molecule has 4 nitrogen and oxygen atoms in total. The van der Waals surface area contributed by atoms with Gasteiger partial charge < -0.3 is 9.88 Å². The van der Waals surface area contributed by atoms with Crippen LogP contribution in [0.15, 0.2) is 12.1 Å². The van der Waals surface area contributed by atoms with Crippen molar-refractivity contribution in [1.29, 1.82) is 0 Å². The highest BCUT2D eigenvalue weighted by molar-refractivity contribution is 5.94. The Morgan fingerprint density at radius 3 is 2.75 bits per heavy atom. The Labute approximate surface area is 69.2 Å². The van der Waals surface area contributed by atoms with Gasteiger partial charge in [0.25, 0.3) is 5.91 Å². The van der Waals surface area contributed by atoms with Crippen LogP contribution in [-0.2, 0) is 0 Å². The van der Waals surface area contributed by atoms with Gasteiger partial charge in [0.15, 0.2) is 6.29 Å². The van der Waals surface area contributed by atoms with Crippen molar-refractivity contribution in [2.45, 2.75) is 0 Å². The number of carbonyl (C=O) groups excluding carboxylic acids is 2. The summed E-state index contributed by atoms with van der Waals surface area (Å²) in [7, 11) is 0. The topological polar surface area (TPSA) is 52.9 Å². The van der Waals surface area contributed by atoms with E-state index < -0.39 is 0 Å². The van der Waals surface area contributed by atoms with E-state index in [1.807, 2.05) is 0 Å². The molecule has 0 aromatic carbocycles. The van der Waals surface area contributed by atoms with Crippen molar-refractivity contribution in [3.8, 4) is 0 Å². The van der Waals surface area contributed by atoms with Gasteiger partial charge in [-0.05, 0) is 12.1 Å². The maximum absolute atomic E-state index is 11.3. The summed E-state index contributed by atoms with van der Waals surface area (Å²) >= 11 is 0. The summed E-state index contributed by atoms with van der Waals surface area (Å²) in [4.78, 5) is 26.0. The molecule has 0 bridgehead atoms. The number of aromatic amines is 1.